The van der Waals surface area contributed by atoms with E-state index in [4.69, 9.17) is 9.84 Å². The standard InChI is InChI=1S/C16H27NO3S/c18-15(19)10-13-2-1-6-17(12-13)14-3-7-20-16(11-14)4-8-21-9-5-16/h13-14H,1-12H2,(H,18,19). The molecule has 0 aromatic heterocycles. The van der Waals surface area contributed by atoms with Crippen LogP contribution >= 0.6 is 11.8 Å². The van der Waals surface area contributed by atoms with Gasteiger partial charge >= 0.3 is 5.97 Å². The fourth-order valence-corrected chi connectivity index (χ4v) is 5.48. The maximum atomic E-state index is 11.0. The number of aliphatic carboxylic acids is 1. The predicted octanol–water partition coefficient (Wildman–Crippen LogP) is 2.62. The molecular formula is C16H27NO3S. The van der Waals surface area contributed by atoms with Gasteiger partial charge in [-0.3, -0.25) is 9.69 Å². The van der Waals surface area contributed by atoms with Crippen LogP contribution in [0.25, 0.3) is 0 Å². The first kappa shape index (κ1) is 15.6. The van der Waals surface area contributed by atoms with Crippen molar-refractivity contribution in [2.45, 2.75) is 56.6 Å². The molecule has 3 fully saturated rings. The van der Waals surface area contributed by atoms with Crippen LogP contribution in [0.3, 0.4) is 0 Å². The maximum Gasteiger partial charge on any atom is 0.303 e. The number of thioether (sulfide) groups is 1. The van der Waals surface area contributed by atoms with E-state index in [-0.39, 0.29) is 5.60 Å². The van der Waals surface area contributed by atoms with Gasteiger partial charge in [-0.05, 0) is 62.5 Å². The Morgan fingerprint density at radius 1 is 1.33 bits per heavy atom. The van der Waals surface area contributed by atoms with Gasteiger partial charge in [-0.2, -0.15) is 11.8 Å². The number of carboxylic acids is 1. The van der Waals surface area contributed by atoms with Gasteiger partial charge in [-0.25, -0.2) is 0 Å². The second-order valence-electron chi connectivity index (χ2n) is 6.89. The van der Waals surface area contributed by atoms with E-state index in [1.54, 1.807) is 0 Å². The molecule has 3 saturated heterocycles. The van der Waals surface area contributed by atoms with Crippen LogP contribution in [0.1, 0.15) is 44.9 Å². The summed E-state index contributed by atoms with van der Waals surface area (Å²) in [7, 11) is 0. The Morgan fingerprint density at radius 3 is 2.90 bits per heavy atom. The molecule has 0 aliphatic carbocycles. The summed E-state index contributed by atoms with van der Waals surface area (Å²) < 4.78 is 6.18. The van der Waals surface area contributed by atoms with Gasteiger partial charge in [0, 0.05) is 25.6 Å². The summed E-state index contributed by atoms with van der Waals surface area (Å²) in [5, 5.41) is 9.02. The zero-order valence-corrected chi connectivity index (χ0v) is 13.6. The van der Waals surface area contributed by atoms with Crippen molar-refractivity contribution in [3.05, 3.63) is 0 Å². The van der Waals surface area contributed by atoms with Gasteiger partial charge in [0.15, 0.2) is 0 Å². The first-order chi connectivity index (χ1) is 10.2. The average molecular weight is 313 g/mol. The summed E-state index contributed by atoms with van der Waals surface area (Å²) in [6, 6.07) is 0.610. The Hall–Kier alpha value is -0.260. The SMILES string of the molecule is O=C(O)CC1CCCN(C2CCOC3(CCSCC3)C2)C1. The van der Waals surface area contributed by atoms with E-state index in [1.807, 2.05) is 11.8 Å². The lowest BCUT2D eigenvalue weighted by atomic mass is 9.83. The molecule has 5 heteroatoms. The minimum atomic E-state index is -0.644. The van der Waals surface area contributed by atoms with Crippen LogP contribution in [0.2, 0.25) is 0 Å². The molecule has 0 amide bonds. The molecule has 120 valence electrons. The number of hydrogen-bond acceptors (Lipinski definition) is 4. The Kier molecular flexibility index (Phi) is 5.12. The van der Waals surface area contributed by atoms with Crippen LogP contribution in [0.15, 0.2) is 0 Å². The lowest BCUT2D eigenvalue weighted by Gasteiger charge is -2.48. The zero-order chi connectivity index (χ0) is 14.7. The number of hydrogen-bond donors (Lipinski definition) is 1. The maximum absolute atomic E-state index is 11.0. The van der Waals surface area contributed by atoms with Crippen molar-refractivity contribution >= 4 is 17.7 Å². The van der Waals surface area contributed by atoms with Gasteiger partial charge in [-0.1, -0.05) is 0 Å². The topological polar surface area (TPSA) is 49.8 Å². The van der Waals surface area contributed by atoms with Crippen LogP contribution in [-0.4, -0.2) is 58.8 Å². The van der Waals surface area contributed by atoms with Crippen molar-refractivity contribution in [2.75, 3.05) is 31.2 Å². The summed E-state index contributed by atoms with van der Waals surface area (Å²) in [4.78, 5) is 13.5. The van der Waals surface area contributed by atoms with Gasteiger partial charge < -0.3 is 9.84 Å². The smallest absolute Gasteiger partial charge is 0.303 e. The van der Waals surface area contributed by atoms with Crippen LogP contribution < -0.4 is 0 Å². The molecule has 4 nitrogen and oxygen atoms in total. The highest BCUT2D eigenvalue weighted by Gasteiger charge is 2.41. The molecule has 3 aliphatic rings. The quantitative estimate of drug-likeness (QED) is 0.868. The van der Waals surface area contributed by atoms with E-state index in [0.29, 0.717) is 18.4 Å². The number of carbonyl (C=O) groups is 1. The van der Waals surface area contributed by atoms with E-state index in [2.05, 4.69) is 4.90 Å². The van der Waals surface area contributed by atoms with Gasteiger partial charge in [0.1, 0.15) is 0 Å². The summed E-state index contributed by atoms with van der Waals surface area (Å²) in [5.74, 6) is 2.16. The van der Waals surface area contributed by atoms with Crippen molar-refractivity contribution in [1.82, 2.24) is 4.90 Å². The fourth-order valence-electron chi connectivity index (χ4n) is 4.25. The van der Waals surface area contributed by atoms with Crippen molar-refractivity contribution in [2.24, 2.45) is 5.92 Å². The Labute approximate surface area is 131 Å². The molecule has 3 aliphatic heterocycles. The predicted molar refractivity (Wildman–Crippen MR) is 84.8 cm³/mol. The van der Waals surface area contributed by atoms with Crippen molar-refractivity contribution in [3.63, 3.8) is 0 Å². The van der Waals surface area contributed by atoms with Gasteiger partial charge in [0.05, 0.1) is 5.60 Å². The molecule has 21 heavy (non-hydrogen) atoms. The van der Waals surface area contributed by atoms with E-state index in [0.717, 1.165) is 45.4 Å². The highest BCUT2D eigenvalue weighted by atomic mass is 32.2. The molecule has 0 saturated carbocycles. The number of ether oxygens (including phenoxy) is 1. The van der Waals surface area contributed by atoms with Crippen LogP contribution in [0.5, 0.6) is 0 Å². The second kappa shape index (κ2) is 6.88. The van der Waals surface area contributed by atoms with Gasteiger partial charge in [0.2, 0.25) is 0 Å². The van der Waals surface area contributed by atoms with Gasteiger partial charge in [-0.15, -0.1) is 0 Å². The summed E-state index contributed by atoms with van der Waals surface area (Å²) in [6.07, 6.45) is 7.23. The molecule has 3 heterocycles. The minimum absolute atomic E-state index is 0.133. The molecule has 0 aromatic carbocycles. The molecule has 3 rings (SSSR count). The van der Waals surface area contributed by atoms with E-state index < -0.39 is 5.97 Å². The third-order valence-electron chi connectivity index (χ3n) is 5.40. The summed E-state index contributed by atoms with van der Waals surface area (Å²) in [6.45, 7) is 3.00. The lowest BCUT2D eigenvalue weighted by molar-refractivity contribution is -0.139. The normalized spacial score (nSPS) is 33.9. The number of rotatable bonds is 3. The minimum Gasteiger partial charge on any atom is -0.481 e. The Balaban J connectivity index is 1.58. The van der Waals surface area contributed by atoms with Crippen LogP contribution in [0.4, 0.5) is 0 Å². The first-order valence-corrected chi connectivity index (χ1v) is 9.50. The molecule has 1 N–H and O–H groups in total. The molecular weight excluding hydrogens is 286 g/mol. The van der Waals surface area contributed by atoms with Crippen LogP contribution in [-0.2, 0) is 9.53 Å². The summed E-state index contributed by atoms with van der Waals surface area (Å²) >= 11 is 2.05. The largest absolute Gasteiger partial charge is 0.481 e. The highest BCUT2D eigenvalue weighted by molar-refractivity contribution is 7.99. The third-order valence-corrected chi connectivity index (χ3v) is 6.39. The molecule has 2 unspecified atom stereocenters. The van der Waals surface area contributed by atoms with E-state index in [9.17, 15) is 4.79 Å². The van der Waals surface area contributed by atoms with E-state index >= 15 is 0 Å². The number of nitrogens with zero attached hydrogens (tertiary/aromatic N) is 1. The fraction of sp³-hybridized carbons (Fsp3) is 0.938. The first-order valence-electron chi connectivity index (χ1n) is 8.34. The number of piperidine rings is 1. The van der Waals surface area contributed by atoms with Crippen molar-refractivity contribution < 1.29 is 14.6 Å². The average Bonchev–Trinajstić information content (AvgIpc) is 2.48. The number of carboxylic acid groups (broad SMARTS) is 1. The van der Waals surface area contributed by atoms with E-state index in [1.165, 1.54) is 24.3 Å². The molecule has 2 atom stereocenters. The van der Waals surface area contributed by atoms with Gasteiger partial charge in [0.25, 0.3) is 0 Å². The Bertz CT molecular complexity index is 365. The molecule has 0 aromatic rings. The number of likely N-dealkylation sites (tertiary alicyclic amines) is 1. The highest BCUT2D eigenvalue weighted by Crippen LogP contribution is 2.39. The van der Waals surface area contributed by atoms with Crippen molar-refractivity contribution in [1.29, 1.82) is 0 Å². The van der Waals surface area contributed by atoms with Crippen LogP contribution in [0, 0.1) is 5.92 Å². The zero-order valence-electron chi connectivity index (χ0n) is 12.8. The molecule has 0 radical (unpaired) electrons. The molecule has 0 bridgehead atoms. The monoisotopic (exact) mass is 313 g/mol. The molecule has 1 spiro atoms. The van der Waals surface area contributed by atoms with Crippen molar-refractivity contribution in [3.8, 4) is 0 Å². The second-order valence-corrected chi connectivity index (χ2v) is 8.12. The summed E-state index contributed by atoms with van der Waals surface area (Å²) in [5.41, 5.74) is 0.133. The lowest BCUT2D eigenvalue weighted by Crippen LogP contribution is -2.52. The Morgan fingerprint density at radius 2 is 2.14 bits per heavy atom. The third kappa shape index (κ3) is 3.93.